The lowest BCUT2D eigenvalue weighted by atomic mass is 10.2. The molecule has 0 bridgehead atoms. The fraction of sp³-hybridized carbons (Fsp3) is 0.316. The minimum absolute atomic E-state index is 0.349. The Labute approximate surface area is 163 Å². The van der Waals surface area contributed by atoms with Crippen LogP contribution in [-0.4, -0.2) is 50.4 Å². The monoisotopic (exact) mass is 403 g/mol. The number of aromatic nitrogens is 1. The van der Waals surface area contributed by atoms with Crippen molar-refractivity contribution in [2.24, 2.45) is 0 Å². The molecule has 0 atom stereocenters. The number of hydrogen-bond acceptors (Lipinski definition) is 6. The van der Waals surface area contributed by atoms with E-state index in [1.165, 1.54) is 11.5 Å². The van der Waals surface area contributed by atoms with Crippen LogP contribution in [-0.2, 0) is 10.0 Å². The summed E-state index contributed by atoms with van der Waals surface area (Å²) in [6.07, 6.45) is 0. The van der Waals surface area contributed by atoms with Gasteiger partial charge in [-0.05, 0) is 42.7 Å². The molecule has 1 aliphatic heterocycles. The van der Waals surface area contributed by atoms with E-state index in [0.29, 0.717) is 31.1 Å². The van der Waals surface area contributed by atoms with Crippen molar-refractivity contribution < 1.29 is 13.2 Å². The Hall–Kier alpha value is -2.16. The number of benzene rings is 2. The molecule has 1 aliphatic rings. The zero-order chi connectivity index (χ0) is 19.0. The van der Waals surface area contributed by atoms with Gasteiger partial charge in [-0.15, -0.1) is 0 Å². The van der Waals surface area contributed by atoms with Gasteiger partial charge >= 0.3 is 0 Å². The van der Waals surface area contributed by atoms with Crippen molar-refractivity contribution in [3.8, 4) is 5.75 Å². The molecular weight excluding hydrogens is 382 g/mol. The molecule has 27 heavy (non-hydrogen) atoms. The summed E-state index contributed by atoms with van der Waals surface area (Å²) in [7, 11) is -1.81. The number of fused-ring (bicyclic) bond motifs is 1. The van der Waals surface area contributed by atoms with Crippen LogP contribution in [0, 0.1) is 6.92 Å². The zero-order valence-electron chi connectivity index (χ0n) is 15.3. The third-order valence-corrected chi connectivity index (χ3v) is 7.57. The van der Waals surface area contributed by atoms with E-state index in [-0.39, 0.29) is 0 Å². The van der Waals surface area contributed by atoms with Crippen LogP contribution in [0.3, 0.4) is 0 Å². The Morgan fingerprint density at radius 1 is 1.04 bits per heavy atom. The van der Waals surface area contributed by atoms with E-state index in [4.69, 9.17) is 4.74 Å². The van der Waals surface area contributed by atoms with Gasteiger partial charge in [0.2, 0.25) is 10.0 Å². The van der Waals surface area contributed by atoms with Crippen molar-refractivity contribution in [1.82, 2.24) is 8.68 Å². The second kappa shape index (κ2) is 7.10. The van der Waals surface area contributed by atoms with E-state index < -0.39 is 10.0 Å². The number of sulfonamides is 1. The number of aryl methyl sites for hydroxylation is 1. The van der Waals surface area contributed by atoms with E-state index in [1.807, 2.05) is 37.3 Å². The third kappa shape index (κ3) is 3.28. The Kier molecular flexibility index (Phi) is 4.79. The summed E-state index contributed by atoms with van der Waals surface area (Å²) in [6, 6.07) is 12.9. The third-order valence-electron chi connectivity index (χ3n) is 4.86. The average Bonchev–Trinajstić information content (AvgIpc) is 3.13. The van der Waals surface area contributed by atoms with Crippen molar-refractivity contribution >= 4 is 37.5 Å². The maximum Gasteiger partial charge on any atom is 0.243 e. The molecule has 1 fully saturated rings. The molecule has 0 radical (unpaired) electrons. The molecule has 0 spiro atoms. The molecular formula is C19H21N3O3S2. The van der Waals surface area contributed by atoms with E-state index in [9.17, 15) is 8.42 Å². The standard InChI is InChI=1S/C19H21N3O3S2/c1-14-6-8-15(9-7-14)27(23,24)22-12-10-21(11-13-22)19-18-16(25-2)4-3-5-17(18)26-20-19/h3-9H,10-13H2,1-2H3. The van der Waals surface area contributed by atoms with Crippen molar-refractivity contribution in [2.75, 3.05) is 38.2 Å². The summed E-state index contributed by atoms with van der Waals surface area (Å²) in [5, 5.41) is 1.000. The van der Waals surface area contributed by atoms with Crippen LogP contribution in [0.4, 0.5) is 5.82 Å². The van der Waals surface area contributed by atoms with Gasteiger partial charge in [0.05, 0.1) is 22.1 Å². The second-order valence-corrected chi connectivity index (χ2v) is 9.29. The molecule has 1 aromatic heterocycles. The van der Waals surface area contributed by atoms with Crippen LogP contribution >= 0.6 is 11.5 Å². The smallest absolute Gasteiger partial charge is 0.243 e. The fourth-order valence-electron chi connectivity index (χ4n) is 3.33. The SMILES string of the molecule is COc1cccc2snc(N3CCN(S(=O)(=O)c4ccc(C)cc4)CC3)c12. The van der Waals surface area contributed by atoms with Gasteiger partial charge in [0, 0.05) is 26.2 Å². The first-order valence-electron chi connectivity index (χ1n) is 8.75. The molecule has 2 heterocycles. The Morgan fingerprint density at radius 2 is 1.74 bits per heavy atom. The summed E-state index contributed by atoms with van der Waals surface area (Å²) in [5.74, 6) is 1.67. The Bertz CT molecular complexity index is 1050. The molecule has 0 unspecified atom stereocenters. The lowest BCUT2D eigenvalue weighted by Crippen LogP contribution is -2.48. The topological polar surface area (TPSA) is 62.7 Å². The Morgan fingerprint density at radius 3 is 2.41 bits per heavy atom. The summed E-state index contributed by atoms with van der Waals surface area (Å²) in [6.45, 7) is 4.01. The first-order valence-corrected chi connectivity index (χ1v) is 11.0. The van der Waals surface area contributed by atoms with Gasteiger partial charge in [0.25, 0.3) is 0 Å². The van der Waals surface area contributed by atoms with Crippen molar-refractivity contribution in [3.05, 3.63) is 48.0 Å². The number of methoxy groups -OCH3 is 1. The summed E-state index contributed by atoms with van der Waals surface area (Å²) < 4.78 is 38.5. The Balaban J connectivity index is 1.55. The van der Waals surface area contributed by atoms with Gasteiger partial charge in [-0.25, -0.2) is 8.42 Å². The molecule has 0 N–H and O–H groups in total. The normalized spacial score (nSPS) is 16.0. The maximum absolute atomic E-state index is 12.9. The molecule has 0 saturated carbocycles. The molecule has 8 heteroatoms. The number of nitrogens with zero attached hydrogens (tertiary/aromatic N) is 3. The highest BCUT2D eigenvalue weighted by Crippen LogP contribution is 2.37. The highest BCUT2D eigenvalue weighted by atomic mass is 32.2. The summed E-state index contributed by atoms with van der Waals surface area (Å²) in [4.78, 5) is 2.49. The van der Waals surface area contributed by atoms with Crippen molar-refractivity contribution in [2.45, 2.75) is 11.8 Å². The van der Waals surface area contributed by atoms with E-state index in [1.54, 1.807) is 23.5 Å². The van der Waals surface area contributed by atoms with Crippen molar-refractivity contribution in [1.29, 1.82) is 0 Å². The number of hydrogen-bond donors (Lipinski definition) is 0. The summed E-state index contributed by atoms with van der Waals surface area (Å²) in [5.41, 5.74) is 1.04. The van der Waals surface area contributed by atoms with Gasteiger partial charge in [-0.1, -0.05) is 23.8 Å². The average molecular weight is 404 g/mol. The van der Waals surface area contributed by atoms with E-state index >= 15 is 0 Å². The minimum atomic E-state index is -3.46. The highest BCUT2D eigenvalue weighted by Gasteiger charge is 2.30. The van der Waals surface area contributed by atoms with Crippen LogP contribution in [0.15, 0.2) is 47.4 Å². The first-order chi connectivity index (χ1) is 13.0. The molecule has 4 rings (SSSR count). The van der Waals surface area contributed by atoms with Crippen LogP contribution < -0.4 is 9.64 Å². The second-order valence-electron chi connectivity index (χ2n) is 6.54. The quantitative estimate of drug-likeness (QED) is 0.670. The molecule has 6 nitrogen and oxygen atoms in total. The molecule has 0 amide bonds. The molecule has 0 aliphatic carbocycles. The molecule has 1 saturated heterocycles. The van der Waals surface area contributed by atoms with E-state index in [0.717, 1.165) is 27.2 Å². The van der Waals surface area contributed by atoms with Gasteiger partial charge in [-0.2, -0.15) is 8.68 Å². The molecule has 142 valence electrons. The van der Waals surface area contributed by atoms with Gasteiger partial charge in [0.1, 0.15) is 5.75 Å². The van der Waals surface area contributed by atoms with Crippen LogP contribution in [0.1, 0.15) is 5.56 Å². The largest absolute Gasteiger partial charge is 0.496 e. The number of piperazine rings is 1. The lowest BCUT2D eigenvalue weighted by molar-refractivity contribution is 0.384. The fourth-order valence-corrected chi connectivity index (χ4v) is 5.57. The van der Waals surface area contributed by atoms with Crippen LogP contribution in [0.2, 0.25) is 0 Å². The lowest BCUT2D eigenvalue weighted by Gasteiger charge is -2.34. The zero-order valence-corrected chi connectivity index (χ0v) is 16.9. The predicted molar refractivity (Wildman–Crippen MR) is 108 cm³/mol. The first kappa shape index (κ1) is 18.2. The molecule has 3 aromatic rings. The molecule has 2 aromatic carbocycles. The predicted octanol–water partition coefficient (Wildman–Crippen LogP) is 3.12. The van der Waals surface area contributed by atoms with Crippen LogP contribution in [0.25, 0.3) is 10.1 Å². The maximum atomic E-state index is 12.9. The van der Waals surface area contributed by atoms with Gasteiger partial charge in [-0.3, -0.25) is 0 Å². The van der Waals surface area contributed by atoms with Gasteiger partial charge < -0.3 is 9.64 Å². The van der Waals surface area contributed by atoms with Crippen LogP contribution in [0.5, 0.6) is 5.75 Å². The number of ether oxygens (including phenoxy) is 1. The number of rotatable bonds is 4. The van der Waals surface area contributed by atoms with E-state index in [2.05, 4.69) is 9.27 Å². The minimum Gasteiger partial charge on any atom is -0.496 e. The highest BCUT2D eigenvalue weighted by molar-refractivity contribution is 7.89. The van der Waals surface area contributed by atoms with Gasteiger partial charge in [0.15, 0.2) is 5.82 Å². The van der Waals surface area contributed by atoms with Crippen molar-refractivity contribution in [3.63, 3.8) is 0 Å². The number of anilines is 1. The summed E-state index contributed by atoms with van der Waals surface area (Å²) >= 11 is 1.44.